The van der Waals surface area contributed by atoms with E-state index in [1.54, 1.807) is 6.26 Å². The summed E-state index contributed by atoms with van der Waals surface area (Å²) in [6.45, 7) is 3.77. The first-order chi connectivity index (χ1) is 8.74. The maximum absolute atomic E-state index is 5.67. The molecule has 1 aliphatic carbocycles. The first-order valence-corrected chi connectivity index (χ1v) is 7.20. The Morgan fingerprint density at radius 2 is 2.06 bits per heavy atom. The molecule has 0 amide bonds. The van der Waals surface area contributed by atoms with Gasteiger partial charge >= 0.3 is 0 Å². The Bertz CT molecular complexity index is 353. The number of nitrogens with two attached hydrogens (primary N) is 1. The molecule has 0 radical (unpaired) electrons. The minimum Gasteiger partial charge on any atom is -0.468 e. The van der Waals surface area contributed by atoms with E-state index >= 15 is 0 Å². The molecule has 0 atom stereocenters. The second-order valence-corrected chi connectivity index (χ2v) is 5.57. The number of furan rings is 1. The smallest absolute Gasteiger partial charge is 0.121 e. The van der Waals surface area contributed by atoms with Gasteiger partial charge in [0.25, 0.3) is 0 Å². The Hall–Kier alpha value is -0.800. The zero-order chi connectivity index (χ0) is 13.0. The van der Waals surface area contributed by atoms with Crippen LogP contribution in [0.3, 0.4) is 0 Å². The molecular weight excluding hydrogens is 224 g/mol. The van der Waals surface area contributed by atoms with E-state index in [1.807, 2.05) is 0 Å². The highest BCUT2D eigenvalue weighted by Crippen LogP contribution is 2.29. The molecule has 0 aromatic carbocycles. The van der Waals surface area contributed by atoms with Crippen LogP contribution in [0, 0.1) is 5.92 Å². The Morgan fingerprint density at radius 1 is 1.33 bits per heavy atom. The molecule has 3 nitrogen and oxygen atoms in total. The lowest BCUT2D eigenvalue weighted by Crippen LogP contribution is -2.34. The van der Waals surface area contributed by atoms with Crippen LogP contribution in [-0.4, -0.2) is 18.0 Å². The third-order valence-corrected chi connectivity index (χ3v) is 4.46. The molecule has 0 unspecified atom stereocenters. The highest BCUT2D eigenvalue weighted by atomic mass is 16.3. The molecule has 1 aliphatic rings. The Balaban J connectivity index is 1.87. The maximum Gasteiger partial charge on any atom is 0.121 e. The summed E-state index contributed by atoms with van der Waals surface area (Å²) in [7, 11) is 2.23. The van der Waals surface area contributed by atoms with E-state index < -0.39 is 0 Å². The number of hydrogen-bond donors (Lipinski definition) is 1. The van der Waals surface area contributed by atoms with E-state index in [9.17, 15) is 0 Å². The summed E-state index contributed by atoms with van der Waals surface area (Å²) in [5.74, 6) is 1.90. The van der Waals surface area contributed by atoms with Crippen molar-refractivity contribution in [3.63, 3.8) is 0 Å². The van der Waals surface area contributed by atoms with Crippen LogP contribution in [0.5, 0.6) is 0 Å². The quantitative estimate of drug-likeness (QED) is 0.873. The third-order valence-electron chi connectivity index (χ3n) is 4.46. The van der Waals surface area contributed by atoms with Crippen molar-refractivity contribution in [2.24, 2.45) is 11.7 Å². The fourth-order valence-corrected chi connectivity index (χ4v) is 3.08. The number of hydrogen-bond acceptors (Lipinski definition) is 3. The van der Waals surface area contributed by atoms with Gasteiger partial charge in [-0.3, -0.25) is 4.90 Å². The van der Waals surface area contributed by atoms with Crippen LogP contribution in [0.2, 0.25) is 0 Å². The lowest BCUT2D eigenvalue weighted by molar-refractivity contribution is 0.157. The maximum atomic E-state index is 5.67. The molecule has 0 spiro atoms. The van der Waals surface area contributed by atoms with Crippen molar-refractivity contribution in [2.75, 3.05) is 7.05 Å². The van der Waals surface area contributed by atoms with Crippen molar-refractivity contribution in [3.05, 3.63) is 23.7 Å². The Morgan fingerprint density at radius 3 is 2.67 bits per heavy atom. The van der Waals surface area contributed by atoms with E-state index in [4.69, 9.17) is 10.2 Å². The zero-order valence-electron chi connectivity index (χ0n) is 11.7. The minimum atomic E-state index is 0.499. The predicted molar refractivity (Wildman–Crippen MR) is 74.1 cm³/mol. The SMILES string of the molecule is CCC1CCC(N(C)Cc2ccoc2CN)CC1. The molecule has 2 rings (SSSR count). The average Bonchev–Trinajstić information content (AvgIpc) is 2.86. The summed E-state index contributed by atoms with van der Waals surface area (Å²) in [6, 6.07) is 2.78. The van der Waals surface area contributed by atoms with Gasteiger partial charge in [-0.05, 0) is 44.7 Å². The van der Waals surface area contributed by atoms with Crippen molar-refractivity contribution in [2.45, 2.75) is 58.2 Å². The lowest BCUT2D eigenvalue weighted by atomic mass is 9.84. The topological polar surface area (TPSA) is 42.4 Å². The Labute approximate surface area is 110 Å². The van der Waals surface area contributed by atoms with Crippen molar-refractivity contribution in [1.29, 1.82) is 0 Å². The molecule has 1 saturated carbocycles. The molecule has 102 valence electrons. The molecule has 1 fully saturated rings. The summed E-state index contributed by atoms with van der Waals surface area (Å²) in [5, 5.41) is 0. The van der Waals surface area contributed by atoms with Crippen LogP contribution in [0.15, 0.2) is 16.7 Å². The van der Waals surface area contributed by atoms with Gasteiger partial charge in [0.1, 0.15) is 5.76 Å². The molecule has 3 heteroatoms. The third kappa shape index (κ3) is 3.15. The largest absolute Gasteiger partial charge is 0.468 e. The summed E-state index contributed by atoms with van der Waals surface area (Å²) in [5.41, 5.74) is 6.92. The van der Waals surface area contributed by atoms with Gasteiger partial charge in [-0.15, -0.1) is 0 Å². The van der Waals surface area contributed by atoms with Gasteiger partial charge in [-0.25, -0.2) is 0 Å². The zero-order valence-corrected chi connectivity index (χ0v) is 11.7. The van der Waals surface area contributed by atoms with Crippen LogP contribution in [-0.2, 0) is 13.1 Å². The second kappa shape index (κ2) is 6.39. The summed E-state index contributed by atoms with van der Waals surface area (Å²) >= 11 is 0. The fourth-order valence-electron chi connectivity index (χ4n) is 3.08. The molecule has 18 heavy (non-hydrogen) atoms. The van der Waals surface area contributed by atoms with E-state index in [0.717, 1.165) is 24.3 Å². The van der Waals surface area contributed by atoms with Gasteiger partial charge in [-0.2, -0.15) is 0 Å². The first-order valence-electron chi connectivity index (χ1n) is 7.20. The normalized spacial score (nSPS) is 24.7. The van der Waals surface area contributed by atoms with Crippen molar-refractivity contribution in [1.82, 2.24) is 4.90 Å². The van der Waals surface area contributed by atoms with E-state index in [0.29, 0.717) is 6.54 Å². The van der Waals surface area contributed by atoms with E-state index in [1.165, 1.54) is 37.7 Å². The van der Waals surface area contributed by atoms with Crippen LogP contribution in [0.25, 0.3) is 0 Å². The molecule has 0 aliphatic heterocycles. The summed E-state index contributed by atoms with van der Waals surface area (Å²) in [4.78, 5) is 2.47. The monoisotopic (exact) mass is 250 g/mol. The van der Waals surface area contributed by atoms with Crippen LogP contribution in [0.4, 0.5) is 0 Å². The molecule has 1 heterocycles. The minimum absolute atomic E-state index is 0.499. The van der Waals surface area contributed by atoms with Gasteiger partial charge in [0.2, 0.25) is 0 Å². The van der Waals surface area contributed by atoms with E-state index in [-0.39, 0.29) is 0 Å². The van der Waals surface area contributed by atoms with Gasteiger partial charge < -0.3 is 10.2 Å². The molecular formula is C15H26N2O. The molecule has 0 saturated heterocycles. The Kier molecular flexibility index (Phi) is 4.84. The van der Waals surface area contributed by atoms with Crippen molar-refractivity contribution < 1.29 is 4.42 Å². The fraction of sp³-hybridized carbons (Fsp3) is 0.733. The van der Waals surface area contributed by atoms with Crippen molar-refractivity contribution in [3.8, 4) is 0 Å². The molecule has 2 N–H and O–H groups in total. The van der Waals surface area contributed by atoms with Gasteiger partial charge in [0.05, 0.1) is 12.8 Å². The highest BCUT2D eigenvalue weighted by Gasteiger charge is 2.23. The first kappa shape index (κ1) is 13.6. The number of rotatable bonds is 5. The van der Waals surface area contributed by atoms with E-state index in [2.05, 4.69) is 24.9 Å². The average molecular weight is 250 g/mol. The van der Waals surface area contributed by atoms with Crippen LogP contribution >= 0.6 is 0 Å². The molecule has 1 aromatic rings. The standard InChI is InChI=1S/C15H26N2O/c1-3-12-4-6-14(7-5-12)17(2)11-13-8-9-18-15(13)10-16/h8-9,12,14H,3-7,10-11,16H2,1-2H3. The summed E-state index contributed by atoms with van der Waals surface area (Å²) in [6.07, 6.45) is 8.55. The molecule has 1 aromatic heterocycles. The lowest BCUT2D eigenvalue weighted by Gasteiger charge is -2.34. The van der Waals surface area contributed by atoms with Gasteiger partial charge in [0.15, 0.2) is 0 Å². The highest BCUT2D eigenvalue weighted by molar-refractivity contribution is 5.16. The molecule has 0 bridgehead atoms. The van der Waals surface area contributed by atoms with Crippen molar-refractivity contribution >= 4 is 0 Å². The van der Waals surface area contributed by atoms with Gasteiger partial charge in [-0.1, -0.05) is 13.3 Å². The number of nitrogens with zero attached hydrogens (tertiary/aromatic N) is 1. The summed E-state index contributed by atoms with van der Waals surface area (Å²) < 4.78 is 5.38. The van der Waals surface area contributed by atoms with Crippen LogP contribution < -0.4 is 5.73 Å². The van der Waals surface area contributed by atoms with Gasteiger partial charge in [0, 0.05) is 18.2 Å². The predicted octanol–water partition coefficient (Wildman–Crippen LogP) is 3.14. The van der Waals surface area contributed by atoms with Crippen LogP contribution in [0.1, 0.15) is 50.4 Å². The second-order valence-electron chi connectivity index (χ2n) is 5.57.